The number of halogens is 1. The third-order valence-electron chi connectivity index (χ3n) is 2.34. The summed E-state index contributed by atoms with van der Waals surface area (Å²) in [6.07, 6.45) is 2.29. The predicted octanol–water partition coefficient (Wildman–Crippen LogP) is 2.51. The molecule has 0 aliphatic heterocycles. The van der Waals surface area contributed by atoms with Crippen LogP contribution < -0.4 is 5.32 Å². The summed E-state index contributed by atoms with van der Waals surface area (Å²) in [5, 5.41) is 11.7. The van der Waals surface area contributed by atoms with Crippen LogP contribution in [0, 0.1) is 11.3 Å². The van der Waals surface area contributed by atoms with Crippen molar-refractivity contribution in [2.45, 2.75) is 6.42 Å². The Hall–Kier alpha value is -1.64. The molecule has 4 nitrogen and oxygen atoms in total. The van der Waals surface area contributed by atoms with E-state index in [1.807, 2.05) is 30.3 Å². The van der Waals surface area contributed by atoms with E-state index in [4.69, 9.17) is 10.00 Å². The van der Waals surface area contributed by atoms with Gasteiger partial charge in [0.1, 0.15) is 11.6 Å². The normalized spacial score (nSPS) is 10.9. The Labute approximate surface area is 121 Å². The Morgan fingerprint density at radius 3 is 3.00 bits per heavy atom. The van der Waals surface area contributed by atoms with E-state index in [0.29, 0.717) is 13.2 Å². The van der Waals surface area contributed by atoms with Gasteiger partial charge in [-0.1, -0.05) is 28.1 Å². The lowest BCUT2D eigenvalue weighted by Crippen LogP contribution is -2.26. The lowest BCUT2D eigenvalue weighted by Gasteiger charge is -2.03. The first-order valence-corrected chi connectivity index (χ1v) is 6.61. The third-order valence-corrected chi connectivity index (χ3v) is 2.83. The van der Waals surface area contributed by atoms with Crippen molar-refractivity contribution in [2.75, 3.05) is 20.3 Å². The Bertz CT molecular complexity index is 506. The fourth-order valence-electron chi connectivity index (χ4n) is 1.43. The number of hydrogen-bond acceptors (Lipinski definition) is 3. The summed E-state index contributed by atoms with van der Waals surface area (Å²) in [6.45, 7) is 1.07. The van der Waals surface area contributed by atoms with Crippen molar-refractivity contribution < 1.29 is 9.53 Å². The monoisotopic (exact) mass is 322 g/mol. The van der Waals surface area contributed by atoms with Gasteiger partial charge in [-0.25, -0.2) is 0 Å². The minimum absolute atomic E-state index is 0.0931. The summed E-state index contributed by atoms with van der Waals surface area (Å²) in [7, 11) is 1.61. The molecule has 1 amide bonds. The zero-order chi connectivity index (χ0) is 14.1. The van der Waals surface area contributed by atoms with Crippen LogP contribution in [-0.2, 0) is 9.53 Å². The minimum atomic E-state index is -0.362. The molecule has 19 heavy (non-hydrogen) atoms. The number of amides is 1. The SMILES string of the molecule is COCCCNC(=O)C(C#N)=Cc1cccc(Br)c1. The van der Waals surface area contributed by atoms with Crippen LogP contribution in [0.2, 0.25) is 0 Å². The molecule has 0 atom stereocenters. The molecule has 0 saturated carbocycles. The molecule has 0 aliphatic rings. The lowest BCUT2D eigenvalue weighted by atomic mass is 10.1. The average Bonchev–Trinajstić information content (AvgIpc) is 2.41. The van der Waals surface area contributed by atoms with Crippen LogP contribution in [0.1, 0.15) is 12.0 Å². The van der Waals surface area contributed by atoms with Gasteiger partial charge in [0.2, 0.25) is 0 Å². The molecular formula is C14H15BrN2O2. The quantitative estimate of drug-likeness (QED) is 0.497. The van der Waals surface area contributed by atoms with Crippen LogP contribution in [0.4, 0.5) is 0 Å². The van der Waals surface area contributed by atoms with E-state index in [-0.39, 0.29) is 11.5 Å². The van der Waals surface area contributed by atoms with Gasteiger partial charge in [-0.15, -0.1) is 0 Å². The summed E-state index contributed by atoms with van der Waals surface area (Å²) in [5.41, 5.74) is 0.897. The van der Waals surface area contributed by atoms with Crippen molar-refractivity contribution in [1.29, 1.82) is 5.26 Å². The van der Waals surface area contributed by atoms with E-state index >= 15 is 0 Å². The molecule has 5 heteroatoms. The number of ether oxygens (including phenoxy) is 1. The van der Waals surface area contributed by atoms with Gasteiger partial charge in [0, 0.05) is 24.7 Å². The second-order valence-electron chi connectivity index (χ2n) is 3.83. The first-order valence-electron chi connectivity index (χ1n) is 5.82. The number of nitrogens with zero attached hydrogens (tertiary/aromatic N) is 1. The smallest absolute Gasteiger partial charge is 0.261 e. The first-order chi connectivity index (χ1) is 9.17. The van der Waals surface area contributed by atoms with E-state index in [9.17, 15) is 4.79 Å². The number of hydrogen-bond donors (Lipinski definition) is 1. The van der Waals surface area contributed by atoms with E-state index in [1.165, 1.54) is 0 Å². The summed E-state index contributed by atoms with van der Waals surface area (Å²) >= 11 is 3.34. The highest BCUT2D eigenvalue weighted by atomic mass is 79.9. The highest BCUT2D eigenvalue weighted by Gasteiger charge is 2.08. The van der Waals surface area contributed by atoms with Gasteiger partial charge in [0.25, 0.3) is 5.91 Å². The second kappa shape index (κ2) is 8.46. The van der Waals surface area contributed by atoms with Gasteiger partial charge in [0.05, 0.1) is 0 Å². The summed E-state index contributed by atoms with van der Waals surface area (Å²) in [5.74, 6) is -0.362. The molecule has 0 radical (unpaired) electrons. The molecule has 100 valence electrons. The molecule has 0 aliphatic carbocycles. The van der Waals surface area contributed by atoms with Gasteiger partial charge in [-0.3, -0.25) is 4.79 Å². The molecule has 1 rings (SSSR count). The number of carbonyl (C=O) groups is 1. The molecule has 1 aromatic carbocycles. The van der Waals surface area contributed by atoms with Gasteiger partial charge in [-0.05, 0) is 30.2 Å². The fourth-order valence-corrected chi connectivity index (χ4v) is 1.84. The Balaban J connectivity index is 2.67. The van der Waals surface area contributed by atoms with Crippen LogP contribution in [0.15, 0.2) is 34.3 Å². The van der Waals surface area contributed by atoms with Crippen molar-refractivity contribution in [3.63, 3.8) is 0 Å². The van der Waals surface area contributed by atoms with Crippen LogP contribution >= 0.6 is 15.9 Å². The minimum Gasteiger partial charge on any atom is -0.385 e. The number of methoxy groups -OCH3 is 1. The molecule has 0 spiro atoms. The predicted molar refractivity (Wildman–Crippen MR) is 77.2 cm³/mol. The third kappa shape index (κ3) is 5.69. The topological polar surface area (TPSA) is 62.1 Å². The zero-order valence-corrected chi connectivity index (χ0v) is 12.2. The number of rotatable bonds is 6. The number of nitrogens with one attached hydrogen (secondary N) is 1. The van der Waals surface area contributed by atoms with Crippen LogP contribution in [0.25, 0.3) is 6.08 Å². The average molecular weight is 323 g/mol. The van der Waals surface area contributed by atoms with Crippen molar-refractivity contribution in [3.05, 3.63) is 39.9 Å². The maximum Gasteiger partial charge on any atom is 0.261 e. The molecule has 0 heterocycles. The van der Waals surface area contributed by atoms with E-state index < -0.39 is 0 Å². The van der Waals surface area contributed by atoms with Crippen molar-refractivity contribution in [2.24, 2.45) is 0 Å². The maximum absolute atomic E-state index is 11.8. The standard InChI is InChI=1S/C14H15BrN2O2/c1-19-7-3-6-17-14(18)12(10-16)8-11-4-2-5-13(15)9-11/h2,4-5,8-9H,3,6-7H2,1H3,(H,17,18). The van der Waals surface area contributed by atoms with E-state index in [2.05, 4.69) is 21.2 Å². The maximum atomic E-state index is 11.8. The number of benzene rings is 1. The van der Waals surface area contributed by atoms with E-state index in [1.54, 1.807) is 13.2 Å². The van der Waals surface area contributed by atoms with E-state index in [0.717, 1.165) is 16.5 Å². The van der Waals surface area contributed by atoms with Crippen LogP contribution in [0.3, 0.4) is 0 Å². The van der Waals surface area contributed by atoms with Crippen LogP contribution in [-0.4, -0.2) is 26.2 Å². The molecule has 1 N–H and O–H groups in total. The summed E-state index contributed by atoms with van der Waals surface area (Å²) < 4.78 is 5.79. The molecule has 0 aromatic heterocycles. The Morgan fingerprint density at radius 1 is 1.58 bits per heavy atom. The van der Waals surface area contributed by atoms with Crippen molar-refractivity contribution >= 4 is 27.9 Å². The van der Waals surface area contributed by atoms with Gasteiger partial charge in [-0.2, -0.15) is 5.26 Å². The van der Waals surface area contributed by atoms with Gasteiger partial charge >= 0.3 is 0 Å². The molecule has 0 unspecified atom stereocenters. The number of nitriles is 1. The van der Waals surface area contributed by atoms with Crippen molar-refractivity contribution in [3.8, 4) is 6.07 Å². The Kier molecular flexibility index (Phi) is 6.86. The lowest BCUT2D eigenvalue weighted by molar-refractivity contribution is -0.117. The van der Waals surface area contributed by atoms with Crippen molar-refractivity contribution in [1.82, 2.24) is 5.32 Å². The zero-order valence-electron chi connectivity index (χ0n) is 10.6. The summed E-state index contributed by atoms with van der Waals surface area (Å²) in [4.78, 5) is 11.8. The molecule has 0 bridgehead atoms. The van der Waals surface area contributed by atoms with Crippen LogP contribution in [0.5, 0.6) is 0 Å². The molecule has 1 aromatic rings. The Morgan fingerprint density at radius 2 is 2.37 bits per heavy atom. The number of carbonyl (C=O) groups excluding carboxylic acids is 1. The second-order valence-corrected chi connectivity index (χ2v) is 4.74. The van der Waals surface area contributed by atoms with Gasteiger partial charge < -0.3 is 10.1 Å². The first kappa shape index (κ1) is 15.4. The fraction of sp³-hybridized carbons (Fsp3) is 0.286. The largest absolute Gasteiger partial charge is 0.385 e. The van der Waals surface area contributed by atoms with Gasteiger partial charge in [0.15, 0.2) is 0 Å². The highest BCUT2D eigenvalue weighted by molar-refractivity contribution is 9.10. The summed E-state index contributed by atoms with van der Waals surface area (Å²) in [6, 6.07) is 9.32. The molecule has 0 saturated heterocycles. The molecular weight excluding hydrogens is 308 g/mol. The molecule has 0 fully saturated rings. The highest BCUT2D eigenvalue weighted by Crippen LogP contribution is 2.14.